The van der Waals surface area contributed by atoms with E-state index < -0.39 is 0 Å². The van der Waals surface area contributed by atoms with Gasteiger partial charge in [-0.3, -0.25) is 4.90 Å². The third-order valence-corrected chi connectivity index (χ3v) is 4.07. The van der Waals surface area contributed by atoms with Crippen LogP contribution in [-0.4, -0.2) is 44.7 Å². The summed E-state index contributed by atoms with van der Waals surface area (Å²) < 4.78 is 0. The van der Waals surface area contributed by atoms with Gasteiger partial charge < -0.3 is 5.32 Å². The zero-order chi connectivity index (χ0) is 14.5. The third-order valence-electron chi connectivity index (χ3n) is 4.07. The van der Waals surface area contributed by atoms with E-state index >= 15 is 0 Å². The maximum Gasteiger partial charge on any atom is 0.191 e. The minimum atomic E-state index is 0.148. The lowest BCUT2D eigenvalue weighted by Gasteiger charge is -2.33. The molecular formula is C15H22N6. The first-order chi connectivity index (χ1) is 10.3. The van der Waals surface area contributed by atoms with Crippen molar-refractivity contribution in [1.29, 1.82) is 0 Å². The van der Waals surface area contributed by atoms with Crippen molar-refractivity contribution in [2.45, 2.75) is 38.4 Å². The van der Waals surface area contributed by atoms with Crippen LogP contribution >= 0.6 is 0 Å². The van der Waals surface area contributed by atoms with Crippen molar-refractivity contribution in [3.05, 3.63) is 41.7 Å². The maximum absolute atomic E-state index is 4.03. The molecule has 0 amide bonds. The predicted octanol–water partition coefficient (Wildman–Crippen LogP) is 1.51. The predicted molar refractivity (Wildman–Crippen MR) is 80.5 cm³/mol. The first-order valence-electron chi connectivity index (χ1n) is 7.57. The van der Waals surface area contributed by atoms with Gasteiger partial charge in [0, 0.05) is 12.6 Å². The zero-order valence-corrected chi connectivity index (χ0v) is 12.4. The largest absolute Gasteiger partial charge is 0.305 e. The normalized spacial score (nSPS) is 18.7. The van der Waals surface area contributed by atoms with Crippen LogP contribution in [0, 0.1) is 0 Å². The maximum atomic E-state index is 4.03. The Hall–Kier alpha value is -1.79. The van der Waals surface area contributed by atoms with Gasteiger partial charge in [0.1, 0.15) is 0 Å². The molecule has 0 bridgehead atoms. The average Bonchev–Trinajstić information content (AvgIpc) is 3.05. The van der Waals surface area contributed by atoms with E-state index in [2.05, 4.69) is 68.1 Å². The molecule has 6 nitrogen and oxygen atoms in total. The van der Waals surface area contributed by atoms with E-state index in [9.17, 15) is 0 Å². The molecule has 1 atom stereocenters. The highest BCUT2D eigenvalue weighted by atomic mass is 15.5. The molecule has 3 rings (SSSR count). The van der Waals surface area contributed by atoms with E-state index in [4.69, 9.17) is 0 Å². The van der Waals surface area contributed by atoms with Gasteiger partial charge in [0.05, 0.1) is 6.04 Å². The summed E-state index contributed by atoms with van der Waals surface area (Å²) in [4.78, 5) is 2.52. The second-order valence-corrected chi connectivity index (χ2v) is 5.69. The van der Waals surface area contributed by atoms with Crippen molar-refractivity contribution in [3.8, 4) is 0 Å². The fraction of sp³-hybridized carbons (Fsp3) is 0.533. The lowest BCUT2D eigenvalue weighted by Crippen LogP contribution is -2.43. The molecular weight excluding hydrogens is 264 g/mol. The summed E-state index contributed by atoms with van der Waals surface area (Å²) in [5.74, 6) is 0.738. The molecule has 2 heterocycles. The molecule has 1 aliphatic rings. The van der Waals surface area contributed by atoms with Gasteiger partial charge in [-0.2, -0.15) is 5.21 Å². The number of H-pyrrole nitrogens is 1. The number of nitrogens with zero attached hydrogens (tertiary/aromatic N) is 4. The summed E-state index contributed by atoms with van der Waals surface area (Å²) in [7, 11) is 0. The molecule has 1 aliphatic heterocycles. The van der Waals surface area contributed by atoms with Gasteiger partial charge in [-0.15, -0.1) is 10.2 Å². The second kappa shape index (κ2) is 6.78. The highest BCUT2D eigenvalue weighted by Crippen LogP contribution is 2.16. The monoisotopic (exact) mass is 286 g/mol. The minimum absolute atomic E-state index is 0.148. The van der Waals surface area contributed by atoms with Crippen LogP contribution in [0.4, 0.5) is 0 Å². The second-order valence-electron chi connectivity index (χ2n) is 5.69. The van der Waals surface area contributed by atoms with E-state index in [0.717, 1.165) is 38.3 Å². The van der Waals surface area contributed by atoms with Crippen LogP contribution < -0.4 is 5.32 Å². The molecule has 1 aromatic heterocycles. The summed E-state index contributed by atoms with van der Waals surface area (Å²) in [6.07, 6.45) is 2.32. The zero-order valence-electron chi connectivity index (χ0n) is 12.4. The lowest BCUT2D eigenvalue weighted by atomic mass is 10.0. The van der Waals surface area contributed by atoms with E-state index in [1.807, 2.05) is 0 Å². The number of aromatic amines is 1. The van der Waals surface area contributed by atoms with E-state index in [1.165, 1.54) is 5.56 Å². The molecule has 1 unspecified atom stereocenters. The van der Waals surface area contributed by atoms with Crippen molar-refractivity contribution in [1.82, 2.24) is 30.8 Å². The van der Waals surface area contributed by atoms with Crippen molar-refractivity contribution in [2.24, 2.45) is 0 Å². The topological polar surface area (TPSA) is 69.7 Å². The Kier molecular flexibility index (Phi) is 4.57. The van der Waals surface area contributed by atoms with Crippen LogP contribution in [0.25, 0.3) is 0 Å². The number of hydrogen-bond donors (Lipinski definition) is 2. The molecule has 1 fully saturated rings. The number of piperidine rings is 1. The van der Waals surface area contributed by atoms with E-state index in [0.29, 0.717) is 6.04 Å². The number of likely N-dealkylation sites (tertiary alicyclic amines) is 1. The molecule has 0 radical (unpaired) electrons. The molecule has 6 heteroatoms. The summed E-state index contributed by atoms with van der Waals surface area (Å²) in [6.45, 7) is 5.40. The number of tetrazole rings is 1. The molecule has 0 aliphatic carbocycles. The molecule has 2 N–H and O–H groups in total. The number of nitrogens with one attached hydrogen (secondary N) is 2. The van der Waals surface area contributed by atoms with Gasteiger partial charge in [0.25, 0.3) is 0 Å². The highest BCUT2D eigenvalue weighted by Gasteiger charge is 2.22. The number of aromatic nitrogens is 4. The van der Waals surface area contributed by atoms with Gasteiger partial charge in [0.2, 0.25) is 0 Å². The molecule has 1 saturated heterocycles. The molecule has 112 valence electrons. The van der Waals surface area contributed by atoms with Crippen LogP contribution in [0.15, 0.2) is 30.3 Å². The van der Waals surface area contributed by atoms with Crippen LogP contribution in [-0.2, 0) is 6.54 Å². The summed E-state index contributed by atoms with van der Waals surface area (Å²) in [6, 6.07) is 11.4. The molecule has 1 aromatic carbocycles. The molecule has 0 saturated carbocycles. The van der Waals surface area contributed by atoms with Crippen LogP contribution in [0.1, 0.15) is 37.2 Å². The van der Waals surface area contributed by atoms with Gasteiger partial charge >= 0.3 is 0 Å². The lowest BCUT2D eigenvalue weighted by molar-refractivity contribution is 0.184. The standard InChI is InChI=1S/C15H22N6/c1-12(15-17-19-20-18-15)16-14-7-9-21(10-8-14)11-13-5-3-2-4-6-13/h2-6,12,14,16H,7-11H2,1H3,(H,17,18,19,20). The number of hydrogen-bond acceptors (Lipinski definition) is 5. The van der Waals surface area contributed by atoms with Crippen molar-refractivity contribution < 1.29 is 0 Å². The minimum Gasteiger partial charge on any atom is -0.305 e. The van der Waals surface area contributed by atoms with Crippen LogP contribution in [0.3, 0.4) is 0 Å². The van der Waals surface area contributed by atoms with Gasteiger partial charge in [-0.05, 0) is 38.4 Å². The van der Waals surface area contributed by atoms with Gasteiger partial charge in [0.15, 0.2) is 5.82 Å². The van der Waals surface area contributed by atoms with E-state index in [-0.39, 0.29) is 6.04 Å². The Balaban J connectivity index is 1.45. The van der Waals surface area contributed by atoms with Gasteiger partial charge in [-0.25, -0.2) is 0 Å². The summed E-state index contributed by atoms with van der Waals surface area (Å²) in [5, 5.41) is 17.8. The van der Waals surface area contributed by atoms with Gasteiger partial charge in [-0.1, -0.05) is 35.5 Å². The SMILES string of the molecule is CC(NC1CCN(Cc2ccccc2)CC1)c1nn[nH]n1. The summed E-state index contributed by atoms with van der Waals surface area (Å²) >= 11 is 0. The Bertz CT molecular complexity index is 518. The Morgan fingerprint density at radius 1 is 1.29 bits per heavy atom. The Morgan fingerprint density at radius 3 is 2.71 bits per heavy atom. The Labute approximate surface area is 124 Å². The van der Waals surface area contributed by atoms with Crippen molar-refractivity contribution in [3.63, 3.8) is 0 Å². The average molecular weight is 286 g/mol. The fourth-order valence-corrected chi connectivity index (χ4v) is 2.88. The first kappa shape index (κ1) is 14.2. The molecule has 21 heavy (non-hydrogen) atoms. The third kappa shape index (κ3) is 3.86. The first-order valence-corrected chi connectivity index (χ1v) is 7.57. The smallest absolute Gasteiger partial charge is 0.191 e. The fourth-order valence-electron chi connectivity index (χ4n) is 2.88. The van der Waals surface area contributed by atoms with Crippen molar-refractivity contribution >= 4 is 0 Å². The molecule has 2 aromatic rings. The molecule has 0 spiro atoms. The van der Waals surface area contributed by atoms with E-state index in [1.54, 1.807) is 0 Å². The number of benzene rings is 1. The quantitative estimate of drug-likeness (QED) is 0.872. The summed E-state index contributed by atoms with van der Waals surface area (Å²) in [5.41, 5.74) is 1.39. The van der Waals surface area contributed by atoms with Crippen molar-refractivity contribution in [2.75, 3.05) is 13.1 Å². The number of rotatable bonds is 5. The highest BCUT2D eigenvalue weighted by molar-refractivity contribution is 5.14. The van der Waals surface area contributed by atoms with Crippen LogP contribution in [0.5, 0.6) is 0 Å². The Morgan fingerprint density at radius 2 is 2.05 bits per heavy atom. The van der Waals surface area contributed by atoms with Crippen LogP contribution in [0.2, 0.25) is 0 Å².